The van der Waals surface area contributed by atoms with E-state index < -0.39 is 0 Å². The zero-order valence-electron chi connectivity index (χ0n) is 8.43. The van der Waals surface area contributed by atoms with Gasteiger partial charge in [0.1, 0.15) is 5.82 Å². The molecule has 0 radical (unpaired) electrons. The van der Waals surface area contributed by atoms with Crippen LogP contribution in [0.2, 0.25) is 0 Å². The highest BCUT2D eigenvalue weighted by molar-refractivity contribution is 7.80. The lowest BCUT2D eigenvalue weighted by molar-refractivity contribution is 0.511. The summed E-state index contributed by atoms with van der Waals surface area (Å²) in [6.07, 6.45) is 0. The van der Waals surface area contributed by atoms with Gasteiger partial charge in [-0.1, -0.05) is 20.8 Å². The summed E-state index contributed by atoms with van der Waals surface area (Å²) < 4.78 is 13.6. The lowest BCUT2D eigenvalue weighted by Crippen LogP contribution is -2.14. The fourth-order valence-electron chi connectivity index (χ4n) is 1.40. The van der Waals surface area contributed by atoms with Crippen LogP contribution in [0.25, 0.3) is 0 Å². The molecule has 0 bridgehead atoms. The summed E-state index contributed by atoms with van der Waals surface area (Å²) in [5.74, 6) is -0.360. The Morgan fingerprint density at radius 1 is 1.36 bits per heavy atom. The van der Waals surface area contributed by atoms with Crippen molar-refractivity contribution < 1.29 is 4.39 Å². The average Bonchev–Trinajstić information content (AvgIpc) is 1.99. The predicted molar refractivity (Wildman–Crippen MR) is 57.1 cm³/mol. The number of thiol groups is 1. The Labute approximate surface area is 89.0 Å². The molecule has 1 aromatic carbocycles. The van der Waals surface area contributed by atoms with Crippen LogP contribution in [0.3, 0.4) is 0 Å². The number of rotatable bonds is 0. The molecule has 0 aliphatic rings. The van der Waals surface area contributed by atoms with Crippen molar-refractivity contribution in [1.29, 1.82) is 5.26 Å². The van der Waals surface area contributed by atoms with Crippen molar-refractivity contribution in [2.24, 2.45) is 0 Å². The summed E-state index contributed by atoms with van der Waals surface area (Å²) in [7, 11) is 0. The summed E-state index contributed by atoms with van der Waals surface area (Å²) in [6.45, 7) is 5.74. The van der Waals surface area contributed by atoms with Gasteiger partial charge in [-0.05, 0) is 17.5 Å². The van der Waals surface area contributed by atoms with Crippen LogP contribution in [-0.2, 0) is 5.41 Å². The minimum Gasteiger partial charge on any atom is -0.207 e. The second kappa shape index (κ2) is 3.62. The second-order valence-corrected chi connectivity index (χ2v) is 4.70. The number of nitrogens with zero attached hydrogens (tertiary/aromatic N) is 1. The van der Waals surface area contributed by atoms with Gasteiger partial charge in [0.05, 0.1) is 11.6 Å². The van der Waals surface area contributed by atoms with Gasteiger partial charge in [-0.3, -0.25) is 0 Å². The predicted octanol–water partition coefficient (Wildman–Crippen LogP) is 3.28. The number of nitriles is 1. The fourth-order valence-corrected chi connectivity index (χ4v) is 1.98. The van der Waals surface area contributed by atoms with Gasteiger partial charge in [0.25, 0.3) is 0 Å². The molecule has 1 aromatic rings. The monoisotopic (exact) mass is 209 g/mol. The molecular formula is C11H12FNS. The molecule has 0 atom stereocenters. The third-order valence-corrected chi connectivity index (χ3v) is 2.30. The maximum absolute atomic E-state index is 13.6. The molecule has 3 heteroatoms. The highest BCUT2D eigenvalue weighted by Gasteiger charge is 2.21. The Balaban J connectivity index is 3.42. The van der Waals surface area contributed by atoms with E-state index in [9.17, 15) is 4.39 Å². The van der Waals surface area contributed by atoms with Gasteiger partial charge in [-0.15, -0.1) is 12.6 Å². The van der Waals surface area contributed by atoms with Crippen LogP contribution in [0.15, 0.2) is 17.0 Å². The van der Waals surface area contributed by atoms with Crippen LogP contribution in [0.4, 0.5) is 4.39 Å². The molecule has 0 saturated heterocycles. The van der Waals surface area contributed by atoms with Crippen molar-refractivity contribution in [2.75, 3.05) is 0 Å². The molecular weight excluding hydrogens is 197 g/mol. The van der Waals surface area contributed by atoms with Gasteiger partial charge >= 0.3 is 0 Å². The third-order valence-electron chi connectivity index (χ3n) is 1.95. The normalized spacial score (nSPS) is 11.1. The lowest BCUT2D eigenvalue weighted by Gasteiger charge is -2.21. The maximum atomic E-state index is 13.6. The van der Waals surface area contributed by atoms with Crippen LogP contribution in [0.5, 0.6) is 0 Å². The molecule has 0 amide bonds. The van der Waals surface area contributed by atoms with E-state index in [4.69, 9.17) is 5.26 Å². The molecule has 0 N–H and O–H groups in total. The van der Waals surface area contributed by atoms with Gasteiger partial charge in [-0.2, -0.15) is 5.26 Å². The molecule has 0 heterocycles. The molecule has 0 saturated carbocycles. The quantitative estimate of drug-likeness (QED) is 0.651. The minimum absolute atomic E-state index is 0.296. The van der Waals surface area contributed by atoms with E-state index in [0.29, 0.717) is 16.0 Å². The SMILES string of the molecule is CC(C)(C)c1c(F)cc(C#N)cc1S. The first-order valence-electron chi connectivity index (χ1n) is 4.29. The molecule has 0 fully saturated rings. The molecule has 0 aromatic heterocycles. The van der Waals surface area contributed by atoms with E-state index in [2.05, 4.69) is 12.6 Å². The highest BCUT2D eigenvalue weighted by atomic mass is 32.1. The van der Waals surface area contributed by atoms with Crippen molar-refractivity contribution in [3.63, 3.8) is 0 Å². The summed E-state index contributed by atoms with van der Waals surface area (Å²) in [5.41, 5.74) is 0.565. The first-order chi connectivity index (χ1) is 6.36. The molecule has 0 aliphatic heterocycles. The van der Waals surface area contributed by atoms with E-state index in [0.717, 1.165) is 0 Å². The summed E-state index contributed by atoms with van der Waals surface area (Å²) in [5, 5.41) is 8.63. The van der Waals surface area contributed by atoms with Gasteiger partial charge in [-0.25, -0.2) is 4.39 Å². The minimum atomic E-state index is -0.360. The van der Waals surface area contributed by atoms with E-state index in [1.165, 1.54) is 6.07 Å². The zero-order valence-corrected chi connectivity index (χ0v) is 9.32. The van der Waals surface area contributed by atoms with Crippen molar-refractivity contribution in [2.45, 2.75) is 31.1 Å². The van der Waals surface area contributed by atoms with Gasteiger partial charge in [0, 0.05) is 10.5 Å². The van der Waals surface area contributed by atoms with Crippen molar-refractivity contribution in [3.05, 3.63) is 29.1 Å². The van der Waals surface area contributed by atoms with Gasteiger partial charge < -0.3 is 0 Å². The fraction of sp³-hybridized carbons (Fsp3) is 0.364. The maximum Gasteiger partial charge on any atom is 0.129 e. The standard InChI is InChI=1S/C11H12FNS/c1-11(2,3)10-8(12)4-7(6-13)5-9(10)14/h4-5,14H,1-3H3. The molecule has 14 heavy (non-hydrogen) atoms. The highest BCUT2D eigenvalue weighted by Crippen LogP contribution is 2.31. The Morgan fingerprint density at radius 3 is 2.29 bits per heavy atom. The number of hydrogen-bond acceptors (Lipinski definition) is 2. The smallest absolute Gasteiger partial charge is 0.129 e. The summed E-state index contributed by atoms with van der Waals surface area (Å²) in [4.78, 5) is 0.536. The van der Waals surface area contributed by atoms with E-state index >= 15 is 0 Å². The van der Waals surface area contributed by atoms with Crippen molar-refractivity contribution in [3.8, 4) is 6.07 Å². The summed E-state index contributed by atoms with van der Waals surface area (Å²) in [6, 6.07) is 4.74. The summed E-state index contributed by atoms with van der Waals surface area (Å²) >= 11 is 4.19. The molecule has 1 rings (SSSR count). The Kier molecular flexibility index (Phi) is 2.86. The first kappa shape index (κ1) is 11.1. The molecule has 0 spiro atoms. The van der Waals surface area contributed by atoms with Crippen molar-refractivity contribution in [1.82, 2.24) is 0 Å². The number of hydrogen-bond donors (Lipinski definition) is 1. The molecule has 0 aliphatic carbocycles. The number of halogens is 1. The van der Waals surface area contributed by atoms with Crippen LogP contribution < -0.4 is 0 Å². The average molecular weight is 209 g/mol. The van der Waals surface area contributed by atoms with Crippen LogP contribution in [0, 0.1) is 17.1 Å². The van der Waals surface area contributed by atoms with Crippen LogP contribution in [0.1, 0.15) is 31.9 Å². The zero-order chi connectivity index (χ0) is 10.9. The van der Waals surface area contributed by atoms with E-state index in [1.54, 1.807) is 6.07 Å². The Morgan fingerprint density at radius 2 is 1.93 bits per heavy atom. The lowest BCUT2D eigenvalue weighted by atomic mass is 9.86. The van der Waals surface area contributed by atoms with Gasteiger partial charge in [0.15, 0.2) is 0 Å². The van der Waals surface area contributed by atoms with E-state index in [1.807, 2.05) is 26.8 Å². The van der Waals surface area contributed by atoms with Crippen LogP contribution in [-0.4, -0.2) is 0 Å². The Bertz CT molecular complexity index is 376. The third kappa shape index (κ3) is 2.08. The van der Waals surface area contributed by atoms with Gasteiger partial charge in [0.2, 0.25) is 0 Å². The number of benzene rings is 1. The molecule has 1 nitrogen and oxygen atoms in total. The Hall–Kier alpha value is -1.01. The van der Waals surface area contributed by atoms with Crippen LogP contribution >= 0.6 is 12.6 Å². The second-order valence-electron chi connectivity index (χ2n) is 4.21. The van der Waals surface area contributed by atoms with E-state index in [-0.39, 0.29) is 11.2 Å². The molecule has 74 valence electrons. The first-order valence-corrected chi connectivity index (χ1v) is 4.74. The molecule has 0 unspecified atom stereocenters. The topological polar surface area (TPSA) is 23.8 Å². The van der Waals surface area contributed by atoms with Crippen molar-refractivity contribution >= 4 is 12.6 Å². The largest absolute Gasteiger partial charge is 0.207 e.